The van der Waals surface area contributed by atoms with E-state index in [1.165, 1.54) is 11.1 Å². The summed E-state index contributed by atoms with van der Waals surface area (Å²) in [5.41, 5.74) is 5.60. The molecule has 0 aromatic heterocycles. The maximum Gasteiger partial charge on any atom is 0.242 e. The molecule has 0 heterocycles. The third kappa shape index (κ3) is 7.22. The van der Waals surface area contributed by atoms with Gasteiger partial charge in [-0.2, -0.15) is 0 Å². The van der Waals surface area contributed by atoms with Crippen molar-refractivity contribution in [3.8, 4) is 0 Å². The minimum absolute atomic E-state index is 0.0279. The van der Waals surface area contributed by atoms with Gasteiger partial charge in [0.15, 0.2) is 0 Å². The molecular weight excluding hydrogens is 428 g/mol. The topological polar surface area (TPSA) is 49.4 Å². The van der Waals surface area contributed by atoms with Gasteiger partial charge in [0.25, 0.3) is 0 Å². The standard InChI is InChI=1S/C28H32N2O2S/c1-21-13-15-24(16-14-21)19-33-20-27(31)30(18-25-12-8-7-9-22(25)2)26(28(32)29-3)17-23-10-5-4-6-11-23/h4-16,26H,17-20H2,1-3H3,(H,29,32)/t26-/m0/s1. The highest BCUT2D eigenvalue weighted by molar-refractivity contribution is 7.99. The van der Waals surface area contributed by atoms with Crippen LogP contribution in [0, 0.1) is 13.8 Å². The van der Waals surface area contributed by atoms with Gasteiger partial charge in [-0.1, -0.05) is 84.4 Å². The van der Waals surface area contributed by atoms with Crippen LogP contribution in [0.3, 0.4) is 0 Å². The first-order valence-electron chi connectivity index (χ1n) is 11.2. The number of hydrogen-bond donors (Lipinski definition) is 1. The average molecular weight is 461 g/mol. The van der Waals surface area contributed by atoms with Crippen molar-refractivity contribution in [2.75, 3.05) is 12.8 Å². The summed E-state index contributed by atoms with van der Waals surface area (Å²) in [5, 5.41) is 2.77. The molecule has 2 amide bonds. The Balaban J connectivity index is 1.81. The molecule has 0 aliphatic rings. The van der Waals surface area contributed by atoms with E-state index in [0.29, 0.717) is 18.7 Å². The Bertz CT molecular complexity index is 1050. The van der Waals surface area contributed by atoms with Crippen molar-refractivity contribution in [3.63, 3.8) is 0 Å². The van der Waals surface area contributed by atoms with E-state index in [1.807, 2.05) is 61.5 Å². The van der Waals surface area contributed by atoms with Crippen molar-refractivity contribution >= 4 is 23.6 Å². The predicted molar refractivity (Wildman–Crippen MR) is 137 cm³/mol. The summed E-state index contributed by atoms with van der Waals surface area (Å²) in [6, 6.07) is 25.7. The third-order valence-electron chi connectivity index (χ3n) is 5.73. The number of likely N-dealkylation sites (N-methyl/N-ethyl adjacent to an activating group) is 1. The van der Waals surface area contributed by atoms with Gasteiger partial charge in [0.2, 0.25) is 11.8 Å². The molecule has 5 heteroatoms. The lowest BCUT2D eigenvalue weighted by molar-refractivity contribution is -0.139. The van der Waals surface area contributed by atoms with Gasteiger partial charge in [-0.15, -0.1) is 11.8 Å². The van der Waals surface area contributed by atoms with E-state index < -0.39 is 6.04 Å². The van der Waals surface area contributed by atoms with Crippen molar-refractivity contribution in [1.82, 2.24) is 10.2 Å². The molecule has 0 radical (unpaired) electrons. The molecule has 0 aliphatic carbocycles. The molecule has 3 aromatic rings. The Hall–Kier alpha value is -3.05. The fraction of sp³-hybridized carbons (Fsp3) is 0.286. The lowest BCUT2D eigenvalue weighted by atomic mass is 10.0. The quantitative estimate of drug-likeness (QED) is 0.467. The molecule has 1 atom stereocenters. The first-order valence-corrected chi connectivity index (χ1v) is 12.4. The minimum Gasteiger partial charge on any atom is -0.357 e. The van der Waals surface area contributed by atoms with Gasteiger partial charge in [0.1, 0.15) is 6.04 Å². The number of hydrogen-bond acceptors (Lipinski definition) is 3. The number of thioether (sulfide) groups is 1. The van der Waals surface area contributed by atoms with Crippen molar-refractivity contribution in [3.05, 3.63) is 107 Å². The molecule has 3 rings (SSSR count). The zero-order valence-electron chi connectivity index (χ0n) is 19.6. The molecule has 3 aromatic carbocycles. The van der Waals surface area contributed by atoms with E-state index in [9.17, 15) is 9.59 Å². The first kappa shape index (κ1) is 24.6. The maximum absolute atomic E-state index is 13.5. The van der Waals surface area contributed by atoms with Gasteiger partial charge in [0, 0.05) is 25.8 Å². The summed E-state index contributed by atoms with van der Waals surface area (Å²) < 4.78 is 0. The molecule has 0 unspecified atom stereocenters. The smallest absolute Gasteiger partial charge is 0.242 e. The zero-order valence-corrected chi connectivity index (χ0v) is 20.4. The van der Waals surface area contributed by atoms with E-state index in [-0.39, 0.29) is 11.8 Å². The normalized spacial score (nSPS) is 11.6. The number of nitrogens with zero attached hydrogens (tertiary/aromatic N) is 1. The molecule has 0 fully saturated rings. The number of nitrogens with one attached hydrogen (secondary N) is 1. The van der Waals surface area contributed by atoms with Gasteiger partial charge in [-0.25, -0.2) is 0 Å². The molecule has 0 bridgehead atoms. The highest BCUT2D eigenvalue weighted by Gasteiger charge is 2.29. The Morgan fingerprint density at radius 2 is 1.55 bits per heavy atom. The highest BCUT2D eigenvalue weighted by atomic mass is 32.2. The second kappa shape index (κ2) is 12.3. The van der Waals surface area contributed by atoms with Crippen LogP contribution in [0.2, 0.25) is 0 Å². The monoisotopic (exact) mass is 460 g/mol. The van der Waals surface area contributed by atoms with E-state index in [1.54, 1.807) is 23.7 Å². The average Bonchev–Trinajstić information content (AvgIpc) is 2.83. The fourth-order valence-corrected chi connectivity index (χ4v) is 4.59. The summed E-state index contributed by atoms with van der Waals surface area (Å²) >= 11 is 1.58. The second-order valence-electron chi connectivity index (χ2n) is 8.25. The van der Waals surface area contributed by atoms with Gasteiger partial charge in [-0.3, -0.25) is 9.59 Å². The van der Waals surface area contributed by atoms with Crippen LogP contribution in [-0.4, -0.2) is 35.6 Å². The fourth-order valence-electron chi connectivity index (χ4n) is 3.71. The Kier molecular flexibility index (Phi) is 9.14. The molecule has 0 saturated carbocycles. The van der Waals surface area contributed by atoms with Crippen molar-refractivity contribution in [1.29, 1.82) is 0 Å². The Labute approximate surface area is 201 Å². The highest BCUT2D eigenvalue weighted by Crippen LogP contribution is 2.20. The number of amides is 2. The van der Waals surface area contributed by atoms with Crippen LogP contribution in [0.1, 0.15) is 27.8 Å². The molecule has 33 heavy (non-hydrogen) atoms. The van der Waals surface area contributed by atoms with Gasteiger partial charge >= 0.3 is 0 Å². The third-order valence-corrected chi connectivity index (χ3v) is 6.72. The van der Waals surface area contributed by atoms with Gasteiger partial charge < -0.3 is 10.2 Å². The van der Waals surface area contributed by atoms with Crippen LogP contribution in [0.15, 0.2) is 78.9 Å². The SMILES string of the molecule is CNC(=O)[C@H](Cc1ccccc1)N(Cc1ccccc1C)C(=O)CSCc1ccc(C)cc1. The van der Waals surface area contributed by atoms with Crippen LogP contribution in [0.25, 0.3) is 0 Å². The number of rotatable bonds is 10. The molecule has 0 saturated heterocycles. The molecular formula is C28H32N2O2S. The largest absolute Gasteiger partial charge is 0.357 e. The van der Waals surface area contributed by atoms with E-state index in [2.05, 4.69) is 36.5 Å². The van der Waals surface area contributed by atoms with Gasteiger partial charge in [-0.05, 0) is 36.1 Å². The molecule has 172 valence electrons. The van der Waals surface area contributed by atoms with E-state index in [0.717, 1.165) is 22.4 Å². The summed E-state index contributed by atoms with van der Waals surface area (Å²) in [5.74, 6) is 0.902. The van der Waals surface area contributed by atoms with E-state index >= 15 is 0 Å². The van der Waals surface area contributed by atoms with Crippen molar-refractivity contribution in [2.45, 2.75) is 38.6 Å². The number of carbonyl (C=O) groups excluding carboxylic acids is 2. The summed E-state index contributed by atoms with van der Waals surface area (Å²) in [6.45, 7) is 4.51. The number of benzene rings is 3. The maximum atomic E-state index is 13.5. The Morgan fingerprint density at radius 3 is 2.21 bits per heavy atom. The predicted octanol–water partition coefficient (Wildman–Crippen LogP) is 4.92. The molecule has 4 nitrogen and oxygen atoms in total. The zero-order chi connectivity index (χ0) is 23.6. The summed E-state index contributed by atoms with van der Waals surface area (Å²) in [6.07, 6.45) is 0.473. The number of aryl methyl sites for hydroxylation is 2. The minimum atomic E-state index is -0.579. The lowest BCUT2D eigenvalue weighted by Gasteiger charge is -2.31. The van der Waals surface area contributed by atoms with Crippen LogP contribution in [0.5, 0.6) is 0 Å². The molecule has 1 N–H and O–H groups in total. The van der Waals surface area contributed by atoms with Crippen LogP contribution in [-0.2, 0) is 28.3 Å². The first-order chi connectivity index (χ1) is 16.0. The summed E-state index contributed by atoms with van der Waals surface area (Å²) in [7, 11) is 1.63. The molecule has 0 aliphatic heterocycles. The lowest BCUT2D eigenvalue weighted by Crippen LogP contribution is -2.50. The van der Waals surface area contributed by atoms with Gasteiger partial charge in [0.05, 0.1) is 5.75 Å². The van der Waals surface area contributed by atoms with Crippen LogP contribution in [0.4, 0.5) is 0 Å². The molecule has 0 spiro atoms. The Morgan fingerprint density at radius 1 is 0.879 bits per heavy atom. The van der Waals surface area contributed by atoms with E-state index in [4.69, 9.17) is 0 Å². The van der Waals surface area contributed by atoms with Crippen molar-refractivity contribution < 1.29 is 9.59 Å². The van der Waals surface area contributed by atoms with Crippen LogP contribution < -0.4 is 5.32 Å². The second-order valence-corrected chi connectivity index (χ2v) is 9.23. The van der Waals surface area contributed by atoms with Crippen LogP contribution >= 0.6 is 11.8 Å². The summed E-state index contributed by atoms with van der Waals surface area (Å²) in [4.78, 5) is 28.2. The number of carbonyl (C=O) groups is 2. The van der Waals surface area contributed by atoms with Crippen molar-refractivity contribution in [2.24, 2.45) is 0 Å².